The molecule has 1 heterocycles. The molecule has 0 saturated heterocycles. The fraction of sp³-hybridized carbons (Fsp3) is 0.360. The van der Waals surface area contributed by atoms with Gasteiger partial charge in [-0.15, -0.1) is 5.10 Å². The Hall–Kier alpha value is -3.75. The highest BCUT2D eigenvalue weighted by Crippen LogP contribution is 2.25. The number of aryl methyl sites for hydroxylation is 1. The number of H-pyrrole nitrogens is 1. The van der Waals surface area contributed by atoms with Crippen molar-refractivity contribution in [2.75, 3.05) is 6.61 Å². The zero-order chi connectivity index (χ0) is 23.9. The molecule has 4 rings (SSSR count). The molecular weight excluding hydrogens is 437 g/mol. The number of aromatic amines is 1. The van der Waals surface area contributed by atoms with Gasteiger partial charge < -0.3 is 20.9 Å². The second kappa shape index (κ2) is 10.9. The highest BCUT2D eigenvalue weighted by molar-refractivity contribution is 5.93. The molecule has 0 radical (unpaired) electrons. The summed E-state index contributed by atoms with van der Waals surface area (Å²) in [5.74, 6) is 6.19. The molecule has 1 aliphatic rings. The molecule has 1 fully saturated rings. The Morgan fingerprint density at radius 3 is 2.62 bits per heavy atom. The first kappa shape index (κ1) is 23.4. The third-order valence-corrected chi connectivity index (χ3v) is 6.13. The van der Waals surface area contributed by atoms with Crippen molar-refractivity contribution in [2.45, 2.75) is 44.6 Å². The number of nitrogens with one attached hydrogen (secondary N) is 2. The quantitative estimate of drug-likeness (QED) is 0.214. The number of para-hydroxylation sites is 1. The van der Waals surface area contributed by atoms with E-state index in [1.807, 2.05) is 6.07 Å². The standard InChI is InChI=1S/C25H28FN5O3/c26-18-9-7-17(8-10-18)25(31-27)34-15-16-5-11-19(12-6-16)28-23(32)14-13-22-29-21-4-2-1-3-20(21)24(33)30-22/h1-4,7-10,16,19H,5-6,11-15,27H2,(H,28,32)(H,29,30,33). The predicted octanol–water partition coefficient (Wildman–Crippen LogP) is 3.01. The second-order valence-electron chi connectivity index (χ2n) is 8.57. The van der Waals surface area contributed by atoms with Crippen molar-refractivity contribution in [2.24, 2.45) is 16.9 Å². The molecule has 0 atom stereocenters. The summed E-state index contributed by atoms with van der Waals surface area (Å²) in [6.07, 6.45) is 4.17. The number of nitrogens with zero attached hydrogens (tertiary/aromatic N) is 2. The first-order valence-electron chi connectivity index (χ1n) is 11.5. The third kappa shape index (κ3) is 5.98. The van der Waals surface area contributed by atoms with E-state index in [0.717, 1.165) is 25.7 Å². The molecule has 8 nitrogen and oxygen atoms in total. The Labute approximate surface area is 196 Å². The van der Waals surface area contributed by atoms with Gasteiger partial charge in [0, 0.05) is 24.4 Å². The van der Waals surface area contributed by atoms with Crippen LogP contribution in [0.1, 0.15) is 43.5 Å². The molecule has 178 valence electrons. The average Bonchev–Trinajstić information content (AvgIpc) is 2.85. The van der Waals surface area contributed by atoms with Gasteiger partial charge in [0.05, 0.1) is 17.5 Å². The molecule has 3 aromatic rings. The van der Waals surface area contributed by atoms with Gasteiger partial charge in [-0.25, -0.2) is 9.37 Å². The Balaban J connectivity index is 1.20. The number of amides is 1. The van der Waals surface area contributed by atoms with E-state index in [1.54, 1.807) is 30.3 Å². The van der Waals surface area contributed by atoms with Crippen LogP contribution < -0.4 is 16.7 Å². The van der Waals surface area contributed by atoms with Crippen LogP contribution in [0.3, 0.4) is 0 Å². The normalized spacial score (nSPS) is 18.6. The van der Waals surface area contributed by atoms with Crippen molar-refractivity contribution < 1.29 is 13.9 Å². The van der Waals surface area contributed by atoms with E-state index in [2.05, 4.69) is 20.4 Å². The van der Waals surface area contributed by atoms with Gasteiger partial charge in [0.25, 0.3) is 5.56 Å². The number of hydrazone groups is 1. The molecule has 0 spiro atoms. The molecule has 0 aliphatic heterocycles. The molecule has 4 N–H and O–H groups in total. The monoisotopic (exact) mass is 465 g/mol. The molecule has 0 unspecified atom stereocenters. The minimum atomic E-state index is -0.331. The molecular formula is C25H28FN5O3. The number of nitrogens with two attached hydrogens (primary N) is 1. The van der Waals surface area contributed by atoms with Crippen molar-refractivity contribution in [3.8, 4) is 0 Å². The molecule has 9 heteroatoms. The van der Waals surface area contributed by atoms with Crippen LogP contribution in [0.25, 0.3) is 10.9 Å². The number of carbonyl (C=O) groups excluding carboxylic acids is 1. The topological polar surface area (TPSA) is 122 Å². The van der Waals surface area contributed by atoms with Crippen LogP contribution in [0.2, 0.25) is 0 Å². The van der Waals surface area contributed by atoms with Gasteiger partial charge >= 0.3 is 0 Å². The van der Waals surface area contributed by atoms with Crippen LogP contribution >= 0.6 is 0 Å². The van der Waals surface area contributed by atoms with E-state index in [-0.39, 0.29) is 35.6 Å². The van der Waals surface area contributed by atoms with Crippen molar-refractivity contribution in [1.82, 2.24) is 15.3 Å². The minimum Gasteiger partial charge on any atom is -0.476 e. The molecule has 1 aromatic heterocycles. The number of rotatable bonds is 7. The Morgan fingerprint density at radius 1 is 1.15 bits per heavy atom. The van der Waals surface area contributed by atoms with Crippen LogP contribution in [0.5, 0.6) is 0 Å². The maximum Gasteiger partial charge on any atom is 0.258 e. The summed E-state index contributed by atoms with van der Waals surface area (Å²) in [4.78, 5) is 31.8. The smallest absolute Gasteiger partial charge is 0.258 e. The van der Waals surface area contributed by atoms with Gasteiger partial charge in [0.2, 0.25) is 11.8 Å². The van der Waals surface area contributed by atoms with E-state index in [4.69, 9.17) is 10.6 Å². The van der Waals surface area contributed by atoms with Gasteiger partial charge in [-0.2, -0.15) is 0 Å². The van der Waals surface area contributed by atoms with E-state index < -0.39 is 0 Å². The maximum absolute atomic E-state index is 13.1. The second-order valence-corrected chi connectivity index (χ2v) is 8.57. The van der Waals surface area contributed by atoms with Gasteiger partial charge in [0.15, 0.2) is 0 Å². The Bertz CT molecular complexity index is 1220. The fourth-order valence-corrected chi connectivity index (χ4v) is 4.24. The molecule has 0 bridgehead atoms. The highest BCUT2D eigenvalue weighted by Gasteiger charge is 2.23. The SMILES string of the molecule is NN=C(OCC1CCC(NC(=O)CCc2nc3ccccc3c(=O)[nH]2)CC1)c1ccc(F)cc1. The van der Waals surface area contributed by atoms with Crippen molar-refractivity contribution in [1.29, 1.82) is 0 Å². The summed E-state index contributed by atoms with van der Waals surface area (Å²) < 4.78 is 18.9. The van der Waals surface area contributed by atoms with E-state index >= 15 is 0 Å². The number of hydrogen-bond donors (Lipinski definition) is 3. The number of ether oxygens (including phenoxy) is 1. The molecule has 1 amide bonds. The highest BCUT2D eigenvalue weighted by atomic mass is 19.1. The molecule has 34 heavy (non-hydrogen) atoms. The lowest BCUT2D eigenvalue weighted by Gasteiger charge is -2.29. The first-order chi connectivity index (χ1) is 16.5. The summed E-state index contributed by atoms with van der Waals surface area (Å²) in [5, 5.41) is 7.31. The number of benzene rings is 2. The Morgan fingerprint density at radius 2 is 1.88 bits per heavy atom. The van der Waals surface area contributed by atoms with E-state index in [9.17, 15) is 14.0 Å². The van der Waals surface area contributed by atoms with Crippen LogP contribution in [0.4, 0.5) is 4.39 Å². The zero-order valence-electron chi connectivity index (χ0n) is 18.8. The third-order valence-electron chi connectivity index (χ3n) is 6.13. The lowest BCUT2D eigenvalue weighted by molar-refractivity contribution is -0.122. The van der Waals surface area contributed by atoms with E-state index in [0.29, 0.717) is 41.2 Å². The van der Waals surface area contributed by atoms with Crippen molar-refractivity contribution in [3.63, 3.8) is 0 Å². The lowest BCUT2D eigenvalue weighted by atomic mass is 9.86. The summed E-state index contributed by atoms with van der Waals surface area (Å²) >= 11 is 0. The number of hydrogen-bond acceptors (Lipinski definition) is 6. The van der Waals surface area contributed by atoms with Gasteiger partial charge in [-0.05, 0) is 68.0 Å². The number of fused-ring (bicyclic) bond motifs is 1. The lowest BCUT2D eigenvalue weighted by Crippen LogP contribution is -2.38. The van der Waals surface area contributed by atoms with Crippen LogP contribution in [0.15, 0.2) is 58.4 Å². The summed E-state index contributed by atoms with van der Waals surface area (Å²) in [6.45, 7) is 0.467. The maximum atomic E-state index is 13.1. The largest absolute Gasteiger partial charge is 0.476 e. The minimum absolute atomic E-state index is 0.0515. The summed E-state index contributed by atoms with van der Waals surface area (Å²) in [7, 11) is 0. The number of halogens is 1. The predicted molar refractivity (Wildman–Crippen MR) is 128 cm³/mol. The Kier molecular flexibility index (Phi) is 7.51. The van der Waals surface area contributed by atoms with Crippen molar-refractivity contribution >= 4 is 22.7 Å². The first-order valence-corrected chi connectivity index (χ1v) is 11.5. The van der Waals surface area contributed by atoms with Crippen molar-refractivity contribution in [3.05, 3.63) is 76.1 Å². The summed E-state index contributed by atoms with van der Waals surface area (Å²) in [5.41, 5.74) is 1.07. The van der Waals surface area contributed by atoms with Crippen LogP contribution in [-0.4, -0.2) is 34.4 Å². The average molecular weight is 466 g/mol. The molecule has 2 aromatic carbocycles. The van der Waals surface area contributed by atoms with Crippen LogP contribution in [-0.2, 0) is 16.0 Å². The van der Waals surface area contributed by atoms with Crippen LogP contribution in [0, 0.1) is 11.7 Å². The number of carbonyl (C=O) groups is 1. The number of aromatic nitrogens is 2. The molecule has 1 saturated carbocycles. The zero-order valence-corrected chi connectivity index (χ0v) is 18.8. The van der Waals surface area contributed by atoms with E-state index in [1.165, 1.54) is 12.1 Å². The fourth-order valence-electron chi connectivity index (χ4n) is 4.24. The van der Waals surface area contributed by atoms with Gasteiger partial charge in [-0.1, -0.05) is 12.1 Å². The summed E-state index contributed by atoms with van der Waals surface area (Å²) in [6, 6.07) is 13.1. The molecule has 1 aliphatic carbocycles. The van der Waals surface area contributed by atoms with Gasteiger partial charge in [0.1, 0.15) is 11.6 Å². The van der Waals surface area contributed by atoms with Gasteiger partial charge in [-0.3, -0.25) is 9.59 Å².